The van der Waals surface area contributed by atoms with Crippen LogP contribution in [-0.4, -0.2) is 26.5 Å². The molecule has 7 heteroatoms. The molecule has 1 atom stereocenters. The van der Waals surface area contributed by atoms with Gasteiger partial charge >= 0.3 is 0 Å². The Morgan fingerprint density at radius 1 is 1.17 bits per heavy atom. The minimum atomic E-state index is -3.14. The average molecular weight is 281 g/mol. The first-order valence-corrected chi connectivity index (χ1v) is 7.29. The number of benzene rings is 1. The third-order valence-electron chi connectivity index (χ3n) is 2.28. The summed E-state index contributed by atoms with van der Waals surface area (Å²) in [7, 11) is -3.14. The van der Waals surface area contributed by atoms with Crippen LogP contribution in [0.3, 0.4) is 0 Å². The van der Waals surface area contributed by atoms with Crippen LogP contribution in [-0.2, 0) is 16.4 Å². The largest absolute Gasteiger partial charge is 0.309 e. The number of halogens is 3. The zero-order valence-electron chi connectivity index (χ0n) is 10.0. The van der Waals surface area contributed by atoms with Crippen LogP contribution in [0.25, 0.3) is 0 Å². The van der Waals surface area contributed by atoms with Gasteiger partial charge in [-0.1, -0.05) is 0 Å². The molecule has 0 amide bonds. The van der Waals surface area contributed by atoms with Gasteiger partial charge < -0.3 is 5.32 Å². The maximum atomic E-state index is 13.3. The normalized spacial score (nSPS) is 13.6. The molecule has 0 fully saturated rings. The summed E-state index contributed by atoms with van der Waals surface area (Å²) in [4.78, 5) is 0. The van der Waals surface area contributed by atoms with Gasteiger partial charge in [0.15, 0.2) is 11.6 Å². The van der Waals surface area contributed by atoms with E-state index in [0.29, 0.717) is 6.07 Å². The van der Waals surface area contributed by atoms with Crippen LogP contribution in [0, 0.1) is 17.5 Å². The fraction of sp³-hybridized carbons (Fsp3) is 0.455. The van der Waals surface area contributed by atoms with Crippen molar-refractivity contribution >= 4 is 9.84 Å². The Labute approximate surface area is 104 Å². The van der Waals surface area contributed by atoms with E-state index in [1.54, 1.807) is 6.92 Å². The highest BCUT2D eigenvalue weighted by molar-refractivity contribution is 7.90. The van der Waals surface area contributed by atoms with Gasteiger partial charge in [-0.05, 0) is 13.0 Å². The lowest BCUT2D eigenvalue weighted by molar-refractivity contribution is 0.483. The summed E-state index contributed by atoms with van der Waals surface area (Å²) in [5.74, 6) is -3.37. The topological polar surface area (TPSA) is 46.2 Å². The summed E-state index contributed by atoms with van der Waals surface area (Å²) in [5, 5.41) is 2.73. The second kappa shape index (κ2) is 5.71. The van der Waals surface area contributed by atoms with Gasteiger partial charge in [0, 0.05) is 30.5 Å². The van der Waals surface area contributed by atoms with E-state index in [1.807, 2.05) is 0 Å². The first-order chi connectivity index (χ1) is 8.19. The number of hydrogen-bond acceptors (Lipinski definition) is 3. The average Bonchev–Trinajstić information content (AvgIpc) is 2.19. The van der Waals surface area contributed by atoms with Crippen molar-refractivity contribution in [1.29, 1.82) is 0 Å². The number of sulfone groups is 1. The van der Waals surface area contributed by atoms with Crippen molar-refractivity contribution < 1.29 is 21.6 Å². The lowest BCUT2D eigenvalue weighted by atomic mass is 10.2. The van der Waals surface area contributed by atoms with E-state index in [1.165, 1.54) is 0 Å². The van der Waals surface area contributed by atoms with Crippen LogP contribution in [0.2, 0.25) is 0 Å². The van der Waals surface area contributed by atoms with E-state index in [0.717, 1.165) is 12.3 Å². The molecular formula is C11H14F3NO2S. The van der Waals surface area contributed by atoms with E-state index < -0.39 is 33.3 Å². The van der Waals surface area contributed by atoms with Crippen molar-refractivity contribution in [3.8, 4) is 0 Å². The second-order valence-electron chi connectivity index (χ2n) is 4.23. The van der Waals surface area contributed by atoms with Crippen molar-refractivity contribution in [2.24, 2.45) is 0 Å². The van der Waals surface area contributed by atoms with E-state index >= 15 is 0 Å². The minimum Gasteiger partial charge on any atom is -0.309 e. The fourth-order valence-corrected chi connectivity index (χ4v) is 2.52. The molecule has 0 spiro atoms. The van der Waals surface area contributed by atoms with Crippen molar-refractivity contribution in [3.63, 3.8) is 0 Å². The molecule has 3 nitrogen and oxygen atoms in total. The summed E-state index contributed by atoms with van der Waals surface area (Å²) >= 11 is 0. The van der Waals surface area contributed by atoms with Gasteiger partial charge in [-0.25, -0.2) is 21.6 Å². The van der Waals surface area contributed by atoms with Crippen LogP contribution in [0.5, 0.6) is 0 Å². The van der Waals surface area contributed by atoms with Gasteiger partial charge in [0.2, 0.25) is 0 Å². The maximum absolute atomic E-state index is 13.3. The predicted octanol–water partition coefficient (Wildman–Crippen LogP) is 1.63. The van der Waals surface area contributed by atoms with Crippen LogP contribution in [0.15, 0.2) is 12.1 Å². The highest BCUT2D eigenvalue weighted by atomic mass is 32.2. The Morgan fingerprint density at radius 3 is 2.28 bits per heavy atom. The standard InChI is InChI=1S/C11H14F3NO2S/c1-7(6-18(2,16)17)15-5-8-3-10(13)11(14)4-9(8)12/h3-4,7,15H,5-6H2,1-2H3. The zero-order valence-corrected chi connectivity index (χ0v) is 10.8. The van der Waals surface area contributed by atoms with Crippen LogP contribution in [0.4, 0.5) is 13.2 Å². The molecule has 1 rings (SSSR count). The van der Waals surface area contributed by atoms with E-state index in [-0.39, 0.29) is 17.9 Å². The number of rotatable bonds is 5. The molecule has 0 radical (unpaired) electrons. The summed E-state index contributed by atoms with van der Waals surface area (Å²) in [6.45, 7) is 1.54. The van der Waals surface area contributed by atoms with Crippen molar-refractivity contribution in [1.82, 2.24) is 5.32 Å². The smallest absolute Gasteiger partial charge is 0.161 e. The summed E-state index contributed by atoms with van der Waals surface area (Å²) < 4.78 is 60.8. The Hall–Kier alpha value is -1.08. The minimum absolute atomic E-state index is 0.0470. The predicted molar refractivity (Wildman–Crippen MR) is 62.3 cm³/mol. The molecule has 1 N–H and O–H groups in total. The Morgan fingerprint density at radius 2 is 1.72 bits per heavy atom. The highest BCUT2D eigenvalue weighted by Crippen LogP contribution is 2.13. The van der Waals surface area contributed by atoms with Gasteiger partial charge in [-0.3, -0.25) is 0 Å². The second-order valence-corrected chi connectivity index (χ2v) is 6.42. The quantitative estimate of drug-likeness (QED) is 0.834. The van der Waals surface area contributed by atoms with Crippen molar-refractivity contribution in [2.45, 2.75) is 19.5 Å². The molecular weight excluding hydrogens is 267 g/mol. The number of hydrogen-bond donors (Lipinski definition) is 1. The summed E-state index contributed by atoms with van der Waals surface area (Å²) in [6, 6.07) is 0.811. The summed E-state index contributed by atoms with van der Waals surface area (Å²) in [6.07, 6.45) is 1.09. The molecule has 0 saturated heterocycles. The summed E-state index contributed by atoms with van der Waals surface area (Å²) in [5.41, 5.74) is -0.0470. The maximum Gasteiger partial charge on any atom is 0.161 e. The third-order valence-corrected chi connectivity index (χ3v) is 3.39. The Kier molecular flexibility index (Phi) is 4.75. The molecule has 1 aromatic carbocycles. The van der Waals surface area contributed by atoms with Gasteiger partial charge in [-0.2, -0.15) is 0 Å². The lowest BCUT2D eigenvalue weighted by Crippen LogP contribution is -2.32. The number of nitrogens with one attached hydrogen (secondary N) is 1. The molecule has 0 aliphatic rings. The monoisotopic (exact) mass is 281 g/mol. The SMILES string of the molecule is CC(CS(C)(=O)=O)NCc1cc(F)c(F)cc1F. The van der Waals surface area contributed by atoms with Crippen LogP contribution >= 0.6 is 0 Å². The lowest BCUT2D eigenvalue weighted by Gasteiger charge is -2.13. The highest BCUT2D eigenvalue weighted by Gasteiger charge is 2.13. The zero-order chi connectivity index (χ0) is 13.9. The first kappa shape index (κ1) is 15.0. The molecule has 0 aliphatic heterocycles. The Balaban J connectivity index is 2.67. The fourth-order valence-electron chi connectivity index (χ4n) is 1.50. The van der Waals surface area contributed by atoms with Gasteiger partial charge in [0.05, 0.1) is 5.75 Å². The molecule has 0 saturated carbocycles. The molecule has 1 aromatic rings. The third kappa shape index (κ3) is 4.66. The molecule has 1 unspecified atom stereocenters. The molecule has 0 aromatic heterocycles. The van der Waals surface area contributed by atoms with Crippen molar-refractivity contribution in [3.05, 3.63) is 35.1 Å². The molecule has 0 aliphatic carbocycles. The van der Waals surface area contributed by atoms with E-state index in [4.69, 9.17) is 0 Å². The van der Waals surface area contributed by atoms with Crippen molar-refractivity contribution in [2.75, 3.05) is 12.0 Å². The molecule has 0 heterocycles. The van der Waals surface area contributed by atoms with Crippen LogP contribution in [0.1, 0.15) is 12.5 Å². The van der Waals surface area contributed by atoms with Gasteiger partial charge in [0.25, 0.3) is 0 Å². The van der Waals surface area contributed by atoms with Gasteiger partial charge in [-0.15, -0.1) is 0 Å². The van der Waals surface area contributed by atoms with Gasteiger partial charge in [0.1, 0.15) is 15.7 Å². The first-order valence-electron chi connectivity index (χ1n) is 5.23. The van der Waals surface area contributed by atoms with E-state index in [9.17, 15) is 21.6 Å². The molecule has 0 bridgehead atoms. The molecule has 102 valence electrons. The van der Waals surface area contributed by atoms with E-state index in [2.05, 4.69) is 5.32 Å². The molecule has 18 heavy (non-hydrogen) atoms. The van der Waals surface area contributed by atoms with Crippen LogP contribution < -0.4 is 5.32 Å². The Bertz CT molecular complexity index is 531.